The summed E-state index contributed by atoms with van der Waals surface area (Å²) in [5.41, 5.74) is 3.42. The van der Waals surface area contributed by atoms with E-state index in [-0.39, 0.29) is 35.2 Å². The molecule has 0 radical (unpaired) electrons. The molecule has 3 heterocycles. The second kappa shape index (κ2) is 12.2. The van der Waals surface area contributed by atoms with Crippen molar-refractivity contribution < 1.29 is 37.4 Å². The van der Waals surface area contributed by atoms with Crippen molar-refractivity contribution in [3.05, 3.63) is 109 Å². The van der Waals surface area contributed by atoms with Crippen LogP contribution in [0.2, 0.25) is 0 Å². The third-order valence-corrected chi connectivity index (χ3v) is 12.9. The number of benzene rings is 3. The van der Waals surface area contributed by atoms with E-state index in [4.69, 9.17) is 4.74 Å². The van der Waals surface area contributed by atoms with E-state index in [0.29, 0.717) is 62.4 Å². The zero-order valence-corrected chi connectivity index (χ0v) is 28.7. The van der Waals surface area contributed by atoms with Crippen molar-refractivity contribution in [3.8, 4) is 11.1 Å². The molecule has 1 saturated carbocycles. The summed E-state index contributed by atoms with van der Waals surface area (Å²) in [5, 5.41) is 11.0. The van der Waals surface area contributed by atoms with Crippen LogP contribution in [0.15, 0.2) is 107 Å². The van der Waals surface area contributed by atoms with Crippen molar-refractivity contribution in [1.82, 2.24) is 19.5 Å². The molecule has 1 N–H and O–H groups in total. The maximum atomic E-state index is 13.5. The number of likely N-dealkylation sites (tertiary alicyclic amines) is 1. The summed E-state index contributed by atoms with van der Waals surface area (Å²) < 4.78 is 99.5. The van der Waals surface area contributed by atoms with Gasteiger partial charge in [-0.1, -0.05) is 61.9 Å². The molecule has 2 fully saturated rings. The molecule has 0 spiro atoms. The van der Waals surface area contributed by atoms with Gasteiger partial charge in [-0.2, -0.15) is 0 Å². The van der Waals surface area contributed by atoms with E-state index in [9.17, 15) is 32.6 Å². The van der Waals surface area contributed by atoms with Gasteiger partial charge in [0.25, 0.3) is 0 Å². The first kappa shape index (κ1) is 34.7. The van der Waals surface area contributed by atoms with Crippen molar-refractivity contribution in [1.29, 1.82) is 0 Å². The SMILES string of the molecule is O=C(OCc1ccccc1)N1CC(c2nnc3ccc(-c4ccc(S(=O)(=O)C5CCC(Nc6ccc(S(F)(F)(F)(F)F)cc6)CC5)cc4)cn23)C1. The Balaban J connectivity index is 0.953. The topological polar surface area (TPSA) is 106 Å². The van der Waals surface area contributed by atoms with Crippen molar-refractivity contribution in [3.63, 3.8) is 0 Å². The van der Waals surface area contributed by atoms with Crippen LogP contribution in [0.4, 0.5) is 29.9 Å². The van der Waals surface area contributed by atoms with Crippen LogP contribution in [-0.4, -0.2) is 58.4 Å². The second-order valence-electron chi connectivity index (χ2n) is 13.0. The fourth-order valence-electron chi connectivity index (χ4n) is 6.55. The molecular formula is C35H34F5N5O4S2. The van der Waals surface area contributed by atoms with Crippen LogP contribution in [0.25, 0.3) is 16.8 Å². The van der Waals surface area contributed by atoms with Gasteiger partial charge in [0.15, 0.2) is 15.5 Å². The molecule has 5 aromatic rings. The van der Waals surface area contributed by atoms with E-state index >= 15 is 0 Å². The molecule has 270 valence electrons. The lowest BCUT2D eigenvalue weighted by atomic mass is 9.95. The van der Waals surface area contributed by atoms with E-state index in [1.54, 1.807) is 29.2 Å². The molecule has 1 aliphatic heterocycles. The standard InChI is InChI=1S/C35H34F5N5O4S2/c36-51(37,38,39,40)32-17-11-29(12-18-32)41-28-9-15-31(16-10-28)50(47,48)30-13-6-25(7-14-30)26-8-19-33-42-43-34(45(33)22-26)27-20-44(21-27)35(46)49-23-24-4-2-1-3-5-24/h1-8,11-14,17-19,22,27-28,31,41H,9-10,15-16,20-21,23H2. The van der Waals surface area contributed by atoms with Crippen molar-refractivity contribution in [2.24, 2.45) is 0 Å². The number of fused-ring (bicyclic) bond motifs is 1. The number of carbonyl (C=O) groups excluding carboxylic acids is 1. The lowest BCUT2D eigenvalue weighted by molar-refractivity contribution is 0.0648. The van der Waals surface area contributed by atoms with Crippen molar-refractivity contribution in [2.75, 3.05) is 18.4 Å². The Morgan fingerprint density at radius 2 is 1.45 bits per heavy atom. The van der Waals surface area contributed by atoms with Crippen LogP contribution in [0.1, 0.15) is 43.0 Å². The van der Waals surface area contributed by atoms with E-state index in [2.05, 4.69) is 15.5 Å². The summed E-state index contributed by atoms with van der Waals surface area (Å²) in [6.07, 6.45) is 3.06. The summed E-state index contributed by atoms with van der Waals surface area (Å²) in [6.45, 7) is 1.09. The third kappa shape index (κ3) is 7.52. The largest absolute Gasteiger partial charge is 0.445 e. The highest BCUT2D eigenvalue weighted by atomic mass is 32.5. The Labute approximate surface area is 291 Å². The predicted molar refractivity (Wildman–Crippen MR) is 184 cm³/mol. The molecule has 1 saturated heterocycles. The van der Waals surface area contributed by atoms with Crippen LogP contribution in [0.5, 0.6) is 0 Å². The number of hydrogen-bond donors (Lipinski definition) is 1. The Kier molecular flexibility index (Phi) is 8.32. The maximum Gasteiger partial charge on any atom is 0.410 e. The minimum absolute atomic E-state index is 0.0265. The van der Waals surface area contributed by atoms with Crippen LogP contribution < -0.4 is 5.32 Å². The molecule has 0 unspecified atom stereocenters. The highest BCUT2D eigenvalue weighted by Crippen LogP contribution is 3.02. The van der Waals surface area contributed by atoms with Gasteiger partial charge >= 0.3 is 16.3 Å². The molecule has 2 aromatic heterocycles. The summed E-state index contributed by atoms with van der Waals surface area (Å²) >= 11 is 0. The number of pyridine rings is 1. The Morgan fingerprint density at radius 3 is 2.10 bits per heavy atom. The first-order chi connectivity index (χ1) is 24.0. The molecule has 2 aliphatic rings. The predicted octanol–water partition coefficient (Wildman–Crippen LogP) is 8.99. The molecule has 1 amide bonds. The van der Waals surface area contributed by atoms with Gasteiger partial charge in [0.2, 0.25) is 0 Å². The van der Waals surface area contributed by atoms with Gasteiger partial charge in [-0.25, -0.2) is 13.2 Å². The molecule has 51 heavy (non-hydrogen) atoms. The Hall–Kier alpha value is -4.70. The number of halogens is 5. The fraction of sp³-hybridized carbons (Fsp3) is 0.286. The van der Waals surface area contributed by atoms with Gasteiger partial charge in [0.1, 0.15) is 17.3 Å². The van der Waals surface area contributed by atoms with E-state index in [1.165, 1.54) is 0 Å². The highest BCUT2D eigenvalue weighted by Gasteiger charge is 2.65. The second-order valence-corrected chi connectivity index (χ2v) is 17.7. The lowest BCUT2D eigenvalue weighted by Gasteiger charge is -2.40. The number of ether oxygens (including phenoxy) is 1. The molecule has 7 rings (SSSR count). The number of nitrogens with one attached hydrogen (secondary N) is 1. The summed E-state index contributed by atoms with van der Waals surface area (Å²) in [6, 6.07) is 22.3. The number of sulfone groups is 1. The minimum atomic E-state index is -9.75. The average Bonchev–Trinajstić information content (AvgIpc) is 3.49. The van der Waals surface area contributed by atoms with Gasteiger partial charge in [-0.15, -0.1) is 10.2 Å². The molecule has 0 atom stereocenters. The highest BCUT2D eigenvalue weighted by molar-refractivity contribution is 8.45. The normalized spacial score (nSPS) is 19.9. The van der Waals surface area contributed by atoms with E-state index < -0.39 is 30.2 Å². The first-order valence-electron chi connectivity index (χ1n) is 16.3. The number of rotatable bonds is 9. The average molecular weight is 748 g/mol. The minimum Gasteiger partial charge on any atom is -0.445 e. The van der Waals surface area contributed by atoms with Crippen LogP contribution in [-0.2, 0) is 21.2 Å². The molecule has 3 aromatic carbocycles. The molecule has 0 bridgehead atoms. The fourth-order valence-corrected chi connectivity index (χ4v) is 8.99. The number of carbonyl (C=O) groups is 1. The van der Waals surface area contributed by atoms with E-state index in [0.717, 1.165) is 28.8 Å². The summed E-state index contributed by atoms with van der Waals surface area (Å²) in [4.78, 5) is 12.4. The van der Waals surface area contributed by atoms with E-state index in [1.807, 2.05) is 53.1 Å². The third-order valence-electron chi connectivity index (χ3n) is 9.44. The number of hydrogen-bond acceptors (Lipinski definition) is 7. The first-order valence-corrected chi connectivity index (χ1v) is 19.8. The summed E-state index contributed by atoms with van der Waals surface area (Å²) in [5.74, 6) is 0.686. The molecular weight excluding hydrogens is 714 g/mol. The number of anilines is 1. The molecule has 1 aliphatic carbocycles. The maximum absolute atomic E-state index is 13.5. The van der Waals surface area contributed by atoms with Crippen LogP contribution in [0, 0.1) is 0 Å². The van der Waals surface area contributed by atoms with Gasteiger partial charge in [0.05, 0.1) is 16.1 Å². The van der Waals surface area contributed by atoms with Gasteiger partial charge in [0, 0.05) is 31.0 Å². The van der Waals surface area contributed by atoms with Crippen LogP contribution >= 0.6 is 10.2 Å². The number of amides is 1. The number of nitrogens with zero attached hydrogens (tertiary/aromatic N) is 4. The summed E-state index contributed by atoms with van der Waals surface area (Å²) in [7, 11) is -13.4. The zero-order valence-electron chi connectivity index (χ0n) is 27.0. The number of aromatic nitrogens is 3. The monoisotopic (exact) mass is 747 g/mol. The van der Waals surface area contributed by atoms with Gasteiger partial charge < -0.3 is 15.0 Å². The lowest BCUT2D eigenvalue weighted by Crippen LogP contribution is -2.49. The van der Waals surface area contributed by atoms with Gasteiger partial charge in [-0.05, 0) is 90.9 Å². The smallest absolute Gasteiger partial charge is 0.410 e. The molecule has 9 nitrogen and oxygen atoms in total. The van der Waals surface area contributed by atoms with Crippen LogP contribution in [0.3, 0.4) is 0 Å². The van der Waals surface area contributed by atoms with Crippen molar-refractivity contribution >= 4 is 37.5 Å². The van der Waals surface area contributed by atoms with Gasteiger partial charge in [-0.3, -0.25) is 4.40 Å². The Bertz CT molecular complexity index is 2170. The van der Waals surface area contributed by atoms with Crippen molar-refractivity contribution in [2.45, 2.75) is 59.3 Å². The Morgan fingerprint density at radius 1 is 0.804 bits per heavy atom. The zero-order chi connectivity index (χ0) is 36.1. The molecule has 16 heteroatoms. The quantitative estimate of drug-likeness (QED) is 0.150.